The molecule has 0 unspecified atom stereocenters. The third-order valence-corrected chi connectivity index (χ3v) is 7.54. The Kier molecular flexibility index (Phi) is 4.57. The summed E-state index contributed by atoms with van der Waals surface area (Å²) in [7, 11) is -3.22. The minimum atomic E-state index is -3.22. The van der Waals surface area contributed by atoms with Crippen LogP contribution in [0.25, 0.3) is 21.9 Å². The lowest BCUT2D eigenvalue weighted by Crippen LogP contribution is -2.46. The summed E-state index contributed by atoms with van der Waals surface area (Å²) in [4.78, 5) is 14.3. The molecule has 2 fully saturated rings. The second-order valence-corrected chi connectivity index (χ2v) is 9.77. The molecule has 2 N–H and O–H groups in total. The number of hydrogen-bond acceptors (Lipinski definition) is 5. The molecule has 3 aromatic rings. The van der Waals surface area contributed by atoms with Crippen molar-refractivity contribution in [1.82, 2.24) is 24.6 Å². The van der Waals surface area contributed by atoms with E-state index in [4.69, 9.17) is 0 Å². The normalized spacial score (nSPS) is 20.0. The Hall–Kier alpha value is -2.03. The number of hydrogen-bond donors (Lipinski definition) is 2. The van der Waals surface area contributed by atoms with Crippen LogP contribution >= 0.6 is 0 Å². The molecule has 4 heterocycles. The van der Waals surface area contributed by atoms with Crippen molar-refractivity contribution in [3.8, 4) is 0 Å². The van der Waals surface area contributed by atoms with Crippen LogP contribution < -0.4 is 4.72 Å². The van der Waals surface area contributed by atoms with E-state index < -0.39 is 10.0 Å². The predicted octanol–water partition coefficient (Wildman–Crippen LogP) is 2.72. The van der Waals surface area contributed by atoms with Crippen molar-refractivity contribution in [3.63, 3.8) is 0 Å². The number of piperidine rings is 1. The molecule has 1 aliphatic carbocycles. The lowest BCUT2D eigenvalue weighted by atomic mass is 9.89. The minimum absolute atomic E-state index is 0.110. The van der Waals surface area contributed by atoms with Crippen molar-refractivity contribution < 1.29 is 8.42 Å². The van der Waals surface area contributed by atoms with Crippen LogP contribution in [0.5, 0.6) is 0 Å². The van der Waals surface area contributed by atoms with E-state index in [2.05, 4.69) is 36.8 Å². The Bertz CT molecular complexity index is 1100. The van der Waals surface area contributed by atoms with E-state index in [1.807, 2.05) is 6.07 Å². The SMILES string of the molecule is O=S(=O)(CN1CCC(c2c[nH]c3ncc4ncccc4c23)CC1)NC1CCC1. The van der Waals surface area contributed by atoms with E-state index in [1.54, 1.807) is 12.4 Å². The number of likely N-dealkylation sites (tertiary alicyclic amines) is 1. The Balaban J connectivity index is 1.31. The molecule has 148 valence electrons. The highest BCUT2D eigenvalue weighted by Gasteiger charge is 2.28. The van der Waals surface area contributed by atoms with Gasteiger partial charge < -0.3 is 4.98 Å². The quantitative estimate of drug-likeness (QED) is 0.688. The molecule has 5 rings (SSSR count). The zero-order valence-corrected chi connectivity index (χ0v) is 16.6. The second kappa shape index (κ2) is 7.09. The molecule has 0 bridgehead atoms. The smallest absolute Gasteiger partial charge is 0.225 e. The molecule has 0 atom stereocenters. The highest BCUT2D eigenvalue weighted by molar-refractivity contribution is 7.89. The van der Waals surface area contributed by atoms with Gasteiger partial charge in [0.15, 0.2) is 0 Å². The van der Waals surface area contributed by atoms with Gasteiger partial charge in [0.1, 0.15) is 11.5 Å². The van der Waals surface area contributed by atoms with Crippen LogP contribution in [0, 0.1) is 0 Å². The molecule has 7 nitrogen and oxygen atoms in total. The van der Waals surface area contributed by atoms with Crippen molar-refractivity contribution in [2.75, 3.05) is 19.0 Å². The van der Waals surface area contributed by atoms with Gasteiger partial charge in [0.25, 0.3) is 0 Å². The second-order valence-electron chi connectivity index (χ2n) is 8.04. The van der Waals surface area contributed by atoms with Crippen LogP contribution in [0.4, 0.5) is 0 Å². The van der Waals surface area contributed by atoms with E-state index >= 15 is 0 Å². The maximum absolute atomic E-state index is 12.4. The number of sulfonamides is 1. The maximum atomic E-state index is 12.4. The van der Waals surface area contributed by atoms with E-state index in [9.17, 15) is 8.42 Å². The summed E-state index contributed by atoms with van der Waals surface area (Å²) in [6, 6.07) is 4.21. The summed E-state index contributed by atoms with van der Waals surface area (Å²) in [6.07, 6.45) is 10.6. The Labute approximate surface area is 164 Å². The van der Waals surface area contributed by atoms with Crippen LogP contribution in [0.2, 0.25) is 0 Å². The Morgan fingerprint density at radius 2 is 2.00 bits per heavy atom. The zero-order chi connectivity index (χ0) is 19.1. The predicted molar refractivity (Wildman–Crippen MR) is 110 cm³/mol. The molecular formula is C20H25N5O2S. The molecule has 0 spiro atoms. The number of rotatable bonds is 5. The molecule has 2 aliphatic rings. The first-order chi connectivity index (χ1) is 13.6. The lowest BCUT2D eigenvalue weighted by molar-refractivity contribution is 0.240. The van der Waals surface area contributed by atoms with Gasteiger partial charge >= 0.3 is 0 Å². The average Bonchev–Trinajstić information content (AvgIpc) is 3.10. The first-order valence-corrected chi connectivity index (χ1v) is 11.7. The molecule has 3 aromatic heterocycles. The van der Waals surface area contributed by atoms with E-state index in [1.165, 1.54) is 5.56 Å². The van der Waals surface area contributed by atoms with E-state index in [-0.39, 0.29) is 11.9 Å². The first-order valence-electron chi connectivity index (χ1n) is 10.0. The Morgan fingerprint density at radius 1 is 1.18 bits per heavy atom. The maximum Gasteiger partial charge on any atom is 0.225 e. The van der Waals surface area contributed by atoms with E-state index in [0.717, 1.165) is 67.1 Å². The number of aromatic nitrogens is 3. The fourth-order valence-corrected chi connectivity index (χ4v) is 5.98. The first kappa shape index (κ1) is 18.0. The number of fused-ring (bicyclic) bond motifs is 3. The molecule has 1 saturated heterocycles. The number of pyridine rings is 2. The van der Waals surface area contributed by atoms with Crippen molar-refractivity contribution in [2.45, 2.75) is 44.1 Å². The molecule has 1 saturated carbocycles. The molecule has 0 aromatic carbocycles. The molecule has 0 amide bonds. The molecular weight excluding hydrogens is 374 g/mol. The van der Waals surface area contributed by atoms with Gasteiger partial charge in [-0.25, -0.2) is 18.1 Å². The van der Waals surface area contributed by atoms with Crippen LogP contribution in [0.15, 0.2) is 30.7 Å². The van der Waals surface area contributed by atoms with Gasteiger partial charge in [0.05, 0.1) is 11.7 Å². The van der Waals surface area contributed by atoms with Crippen molar-refractivity contribution >= 4 is 32.0 Å². The van der Waals surface area contributed by atoms with Gasteiger partial charge in [-0.05, 0) is 56.3 Å². The number of nitrogens with one attached hydrogen (secondary N) is 2. The Morgan fingerprint density at radius 3 is 2.75 bits per heavy atom. The van der Waals surface area contributed by atoms with E-state index in [0.29, 0.717) is 5.92 Å². The third kappa shape index (κ3) is 3.40. The van der Waals surface area contributed by atoms with Crippen LogP contribution in [-0.2, 0) is 10.0 Å². The summed E-state index contributed by atoms with van der Waals surface area (Å²) < 4.78 is 27.6. The van der Waals surface area contributed by atoms with Crippen LogP contribution in [-0.4, -0.2) is 53.3 Å². The number of aromatic amines is 1. The highest BCUT2D eigenvalue weighted by atomic mass is 32.2. The average molecular weight is 400 g/mol. The summed E-state index contributed by atoms with van der Waals surface area (Å²) in [5.74, 6) is 0.512. The van der Waals surface area contributed by atoms with Crippen LogP contribution in [0.3, 0.4) is 0 Å². The van der Waals surface area contributed by atoms with Gasteiger partial charge in [0.2, 0.25) is 10.0 Å². The largest absolute Gasteiger partial charge is 0.346 e. The highest BCUT2D eigenvalue weighted by Crippen LogP contribution is 2.35. The summed E-state index contributed by atoms with van der Waals surface area (Å²) in [6.45, 7) is 1.58. The molecule has 8 heteroatoms. The van der Waals surface area contributed by atoms with Gasteiger partial charge in [-0.15, -0.1) is 0 Å². The van der Waals surface area contributed by atoms with Gasteiger partial charge in [0, 0.05) is 29.2 Å². The summed E-state index contributed by atoms with van der Waals surface area (Å²) >= 11 is 0. The number of H-pyrrole nitrogens is 1. The number of nitrogens with zero attached hydrogens (tertiary/aromatic N) is 3. The monoisotopic (exact) mass is 399 g/mol. The summed E-state index contributed by atoms with van der Waals surface area (Å²) in [5, 5.41) is 2.28. The molecule has 28 heavy (non-hydrogen) atoms. The third-order valence-electron chi connectivity index (χ3n) is 6.15. The summed E-state index contributed by atoms with van der Waals surface area (Å²) in [5.41, 5.74) is 3.07. The molecule has 0 radical (unpaired) electrons. The minimum Gasteiger partial charge on any atom is -0.346 e. The van der Waals surface area contributed by atoms with Crippen molar-refractivity contribution in [1.29, 1.82) is 0 Å². The van der Waals surface area contributed by atoms with Crippen molar-refractivity contribution in [2.24, 2.45) is 0 Å². The fraction of sp³-hybridized carbons (Fsp3) is 0.500. The van der Waals surface area contributed by atoms with Crippen molar-refractivity contribution in [3.05, 3.63) is 36.3 Å². The van der Waals surface area contributed by atoms with Gasteiger partial charge in [-0.1, -0.05) is 12.5 Å². The van der Waals surface area contributed by atoms with Gasteiger partial charge in [-0.2, -0.15) is 0 Å². The van der Waals surface area contributed by atoms with Crippen LogP contribution in [0.1, 0.15) is 43.6 Å². The lowest BCUT2D eigenvalue weighted by Gasteiger charge is -2.33. The standard InChI is InChI=1S/C20H25N5O2S/c26-28(27,24-15-3-1-4-15)13-25-9-6-14(7-10-25)17-11-22-20-19(17)16-5-2-8-21-18(16)12-23-20/h2,5,8,11-12,14-15,24H,1,3-4,6-7,9-10,13H2,(H,22,23). The topological polar surface area (TPSA) is 91.0 Å². The fourth-order valence-electron chi connectivity index (χ4n) is 4.42. The molecule has 1 aliphatic heterocycles. The van der Waals surface area contributed by atoms with Gasteiger partial charge in [-0.3, -0.25) is 9.88 Å². The zero-order valence-electron chi connectivity index (χ0n) is 15.8.